The maximum Gasteiger partial charge on any atom is 0.127 e. The Labute approximate surface area is 118 Å². The van der Waals surface area contributed by atoms with E-state index in [-0.39, 0.29) is 11.9 Å². The van der Waals surface area contributed by atoms with Crippen molar-refractivity contribution >= 4 is 0 Å². The first-order chi connectivity index (χ1) is 9.56. The molecule has 1 aromatic heterocycles. The molecule has 0 radical (unpaired) electrons. The van der Waals surface area contributed by atoms with Gasteiger partial charge >= 0.3 is 0 Å². The third-order valence-electron chi connectivity index (χ3n) is 2.90. The van der Waals surface area contributed by atoms with Gasteiger partial charge in [0.05, 0.1) is 6.20 Å². The Bertz CT molecular complexity index is 566. The van der Waals surface area contributed by atoms with E-state index in [1.165, 1.54) is 12.1 Å². The normalized spacial score (nSPS) is 12.4. The maximum atomic E-state index is 13.5. The van der Waals surface area contributed by atoms with E-state index >= 15 is 0 Å². The maximum absolute atomic E-state index is 13.5. The minimum Gasteiger partial charge on any atom is -0.489 e. The second-order valence-corrected chi connectivity index (χ2v) is 4.97. The summed E-state index contributed by atoms with van der Waals surface area (Å²) < 4.78 is 21.0. The molecule has 0 aliphatic heterocycles. The van der Waals surface area contributed by atoms with Gasteiger partial charge in [-0.3, -0.25) is 4.68 Å². The topological polar surface area (TPSA) is 53.1 Å². The molecule has 1 unspecified atom stereocenters. The minimum atomic E-state index is -0.303. The quantitative estimate of drug-likeness (QED) is 0.882. The van der Waals surface area contributed by atoms with Crippen molar-refractivity contribution in [2.75, 3.05) is 0 Å². The fourth-order valence-electron chi connectivity index (χ4n) is 2.01. The van der Waals surface area contributed by atoms with Crippen LogP contribution in [0.4, 0.5) is 4.39 Å². The molecule has 20 heavy (non-hydrogen) atoms. The lowest BCUT2D eigenvalue weighted by atomic mass is 10.1. The summed E-state index contributed by atoms with van der Waals surface area (Å²) in [6.07, 6.45) is 4.30. The number of rotatable bonds is 6. The van der Waals surface area contributed by atoms with Gasteiger partial charge in [-0.15, -0.1) is 0 Å². The Morgan fingerprint density at radius 1 is 1.35 bits per heavy atom. The van der Waals surface area contributed by atoms with Crippen LogP contribution in [0.2, 0.25) is 0 Å². The predicted molar refractivity (Wildman–Crippen MR) is 76.0 cm³/mol. The average molecular weight is 277 g/mol. The van der Waals surface area contributed by atoms with Crippen LogP contribution >= 0.6 is 0 Å². The molecular formula is C15H20FN3O. The van der Waals surface area contributed by atoms with Crippen LogP contribution in [0.1, 0.15) is 25.0 Å². The van der Waals surface area contributed by atoms with Crippen LogP contribution < -0.4 is 10.5 Å². The highest BCUT2D eigenvalue weighted by Gasteiger charge is 2.05. The van der Waals surface area contributed by atoms with Crippen LogP contribution in [0.25, 0.3) is 0 Å². The average Bonchev–Trinajstić information content (AvgIpc) is 2.83. The molecule has 0 saturated heterocycles. The van der Waals surface area contributed by atoms with E-state index in [0.717, 1.165) is 17.7 Å². The molecule has 2 N–H and O–H groups in total. The third kappa shape index (κ3) is 4.06. The zero-order valence-electron chi connectivity index (χ0n) is 11.8. The molecule has 0 aliphatic rings. The third-order valence-corrected chi connectivity index (χ3v) is 2.90. The first kappa shape index (κ1) is 14.5. The summed E-state index contributed by atoms with van der Waals surface area (Å²) in [6, 6.07) is 4.70. The van der Waals surface area contributed by atoms with Gasteiger partial charge in [0, 0.05) is 30.4 Å². The molecule has 2 rings (SSSR count). The van der Waals surface area contributed by atoms with Gasteiger partial charge in [0.2, 0.25) is 0 Å². The molecule has 0 spiro atoms. The molecule has 2 aromatic rings. The number of benzene rings is 1. The number of ether oxygens (including phenoxy) is 1. The highest BCUT2D eigenvalue weighted by atomic mass is 19.1. The molecule has 1 atom stereocenters. The van der Waals surface area contributed by atoms with Crippen LogP contribution in [0.5, 0.6) is 5.75 Å². The Morgan fingerprint density at radius 3 is 2.80 bits per heavy atom. The van der Waals surface area contributed by atoms with Gasteiger partial charge in [-0.2, -0.15) is 5.10 Å². The van der Waals surface area contributed by atoms with Gasteiger partial charge in [0.15, 0.2) is 0 Å². The van der Waals surface area contributed by atoms with E-state index in [1.807, 2.05) is 30.8 Å². The molecule has 0 fully saturated rings. The van der Waals surface area contributed by atoms with Gasteiger partial charge in [-0.1, -0.05) is 0 Å². The first-order valence-corrected chi connectivity index (χ1v) is 6.76. The van der Waals surface area contributed by atoms with Gasteiger partial charge < -0.3 is 10.5 Å². The molecule has 0 bridgehead atoms. The first-order valence-electron chi connectivity index (χ1n) is 6.76. The number of nitrogens with zero attached hydrogens (tertiary/aromatic N) is 2. The second-order valence-electron chi connectivity index (χ2n) is 4.97. The van der Waals surface area contributed by atoms with Crippen LogP contribution in [-0.2, 0) is 19.6 Å². The van der Waals surface area contributed by atoms with Crippen molar-refractivity contribution in [1.29, 1.82) is 0 Å². The van der Waals surface area contributed by atoms with Crippen molar-refractivity contribution in [3.8, 4) is 5.75 Å². The van der Waals surface area contributed by atoms with Crippen molar-refractivity contribution in [3.05, 3.63) is 47.5 Å². The Kier molecular flexibility index (Phi) is 4.74. The van der Waals surface area contributed by atoms with Crippen molar-refractivity contribution in [1.82, 2.24) is 9.78 Å². The summed E-state index contributed by atoms with van der Waals surface area (Å²) in [7, 11) is 0. The van der Waals surface area contributed by atoms with Crippen LogP contribution in [0.3, 0.4) is 0 Å². The second kappa shape index (κ2) is 6.52. The highest BCUT2D eigenvalue weighted by molar-refractivity contribution is 5.30. The summed E-state index contributed by atoms with van der Waals surface area (Å²) >= 11 is 0. The lowest BCUT2D eigenvalue weighted by molar-refractivity contribution is 0.304. The molecule has 0 aliphatic carbocycles. The van der Waals surface area contributed by atoms with Crippen LogP contribution in [0.15, 0.2) is 30.6 Å². The summed E-state index contributed by atoms with van der Waals surface area (Å²) in [6.45, 7) is 5.11. The van der Waals surface area contributed by atoms with Gasteiger partial charge in [-0.05, 0) is 38.0 Å². The monoisotopic (exact) mass is 277 g/mol. The predicted octanol–water partition coefficient (Wildman–Crippen LogP) is 2.51. The van der Waals surface area contributed by atoms with Crippen LogP contribution in [-0.4, -0.2) is 15.8 Å². The number of aryl methyl sites for hydroxylation is 1. The van der Waals surface area contributed by atoms with Crippen molar-refractivity contribution in [2.24, 2.45) is 5.73 Å². The highest BCUT2D eigenvalue weighted by Crippen LogP contribution is 2.18. The van der Waals surface area contributed by atoms with E-state index in [9.17, 15) is 4.39 Å². The van der Waals surface area contributed by atoms with Crippen LogP contribution in [0, 0.1) is 5.82 Å². The molecule has 1 aromatic carbocycles. The van der Waals surface area contributed by atoms with E-state index < -0.39 is 0 Å². The molecule has 1 heterocycles. The van der Waals surface area contributed by atoms with Crippen molar-refractivity contribution in [3.63, 3.8) is 0 Å². The molecule has 0 amide bonds. The number of hydrogen-bond acceptors (Lipinski definition) is 3. The summed E-state index contributed by atoms with van der Waals surface area (Å²) in [5.41, 5.74) is 7.54. The lowest BCUT2D eigenvalue weighted by Crippen LogP contribution is -2.17. The van der Waals surface area contributed by atoms with E-state index in [0.29, 0.717) is 18.8 Å². The zero-order chi connectivity index (χ0) is 14.5. The molecular weight excluding hydrogens is 257 g/mol. The molecule has 108 valence electrons. The van der Waals surface area contributed by atoms with E-state index in [1.54, 1.807) is 6.20 Å². The van der Waals surface area contributed by atoms with Gasteiger partial charge in [-0.25, -0.2) is 4.39 Å². The summed E-state index contributed by atoms with van der Waals surface area (Å²) in [5, 5.41) is 4.17. The molecule has 0 saturated carbocycles. The van der Waals surface area contributed by atoms with E-state index in [4.69, 9.17) is 10.5 Å². The number of aromatic nitrogens is 2. The molecule has 4 nitrogen and oxygen atoms in total. The van der Waals surface area contributed by atoms with Gasteiger partial charge in [0.1, 0.15) is 18.2 Å². The number of nitrogens with two attached hydrogens (primary N) is 1. The fraction of sp³-hybridized carbons (Fsp3) is 0.400. The Morgan fingerprint density at radius 2 is 2.15 bits per heavy atom. The standard InChI is InChI=1S/C15H20FN3O/c1-3-19-9-13(8-18-19)10-20-15-6-12(4-11(2)17)5-14(16)7-15/h5-9,11H,3-4,10,17H2,1-2H3. The summed E-state index contributed by atoms with van der Waals surface area (Å²) in [5.74, 6) is 0.215. The fourth-order valence-corrected chi connectivity index (χ4v) is 2.01. The SMILES string of the molecule is CCn1cc(COc2cc(F)cc(CC(C)N)c2)cn1. The minimum absolute atomic E-state index is 0.00700. The van der Waals surface area contributed by atoms with Crippen molar-refractivity contribution < 1.29 is 9.13 Å². The lowest BCUT2D eigenvalue weighted by Gasteiger charge is -2.09. The zero-order valence-corrected chi connectivity index (χ0v) is 11.8. The van der Waals surface area contributed by atoms with E-state index in [2.05, 4.69) is 5.10 Å². The number of halogens is 1. The Hall–Kier alpha value is -1.88. The van der Waals surface area contributed by atoms with Gasteiger partial charge in [0.25, 0.3) is 0 Å². The molecule has 5 heteroatoms. The Balaban J connectivity index is 2.03. The summed E-state index contributed by atoms with van der Waals surface area (Å²) in [4.78, 5) is 0. The smallest absolute Gasteiger partial charge is 0.127 e. The largest absolute Gasteiger partial charge is 0.489 e. The number of hydrogen-bond donors (Lipinski definition) is 1. The van der Waals surface area contributed by atoms with Crippen molar-refractivity contribution in [2.45, 2.75) is 39.5 Å².